The Balaban J connectivity index is 4.16. The van der Waals surface area contributed by atoms with Crippen LogP contribution in [0.25, 0.3) is 0 Å². The van der Waals surface area contributed by atoms with Crippen molar-refractivity contribution < 1.29 is 28.6 Å². The van der Waals surface area contributed by atoms with Gasteiger partial charge >= 0.3 is 17.9 Å². The minimum Gasteiger partial charge on any atom is -0.462 e. The molecule has 0 unspecified atom stereocenters. The number of carbonyl (C=O) groups excluding carboxylic acids is 3. The van der Waals surface area contributed by atoms with E-state index in [0.717, 1.165) is 70.8 Å². The Morgan fingerprint density at radius 3 is 1.30 bits per heavy atom. The van der Waals surface area contributed by atoms with Crippen molar-refractivity contribution >= 4 is 17.9 Å². The Kier molecular flexibility index (Phi) is 31.1. The fourth-order valence-electron chi connectivity index (χ4n) is 5.79. The van der Waals surface area contributed by atoms with Gasteiger partial charge < -0.3 is 19.1 Å². The van der Waals surface area contributed by atoms with Crippen LogP contribution < -0.4 is 0 Å². The summed E-state index contributed by atoms with van der Waals surface area (Å²) in [6.07, 6.45) is 40.2. The maximum absolute atomic E-state index is 12.6. The number of nitrogens with zero attached hydrogens (tertiary/aromatic N) is 1. The third kappa shape index (κ3) is 40.4. The lowest BCUT2D eigenvalue weighted by Crippen LogP contribution is -2.23. The zero-order chi connectivity index (χ0) is 39.6. The maximum Gasteiger partial charge on any atom is 0.310 e. The molecule has 0 aliphatic rings. The summed E-state index contributed by atoms with van der Waals surface area (Å²) >= 11 is 0. The van der Waals surface area contributed by atoms with Crippen LogP contribution in [0.2, 0.25) is 0 Å². The van der Waals surface area contributed by atoms with Crippen LogP contribution in [0.3, 0.4) is 0 Å². The third-order valence-corrected chi connectivity index (χ3v) is 8.45. The van der Waals surface area contributed by atoms with E-state index in [0.29, 0.717) is 19.3 Å². The Labute approximate surface area is 326 Å². The molecular weight excluding hydrogens is 663 g/mol. The monoisotopic (exact) mass is 744 g/mol. The van der Waals surface area contributed by atoms with E-state index in [1.807, 2.05) is 65.8 Å². The Hall–Kier alpha value is -2.67. The van der Waals surface area contributed by atoms with Gasteiger partial charge in [0.15, 0.2) is 0 Å². The lowest BCUT2D eigenvalue weighted by atomic mass is 10.0. The molecule has 0 aromatic heterocycles. The number of hydrogen-bond acceptors (Lipinski definition) is 7. The summed E-state index contributed by atoms with van der Waals surface area (Å²) in [5.41, 5.74) is -0.857. The Bertz CT molecular complexity index is 975. The summed E-state index contributed by atoms with van der Waals surface area (Å²) in [5.74, 6) is -0.383. The molecule has 0 fully saturated rings. The highest BCUT2D eigenvalue weighted by molar-refractivity contribution is 5.72. The first-order valence-corrected chi connectivity index (χ1v) is 21.1. The van der Waals surface area contributed by atoms with Crippen LogP contribution in [0.5, 0.6) is 0 Å². The fraction of sp³-hybridized carbons (Fsp3) is 0.761. The van der Waals surface area contributed by atoms with Gasteiger partial charge in [-0.25, -0.2) is 0 Å². The normalized spacial score (nSPS) is 12.7. The summed E-state index contributed by atoms with van der Waals surface area (Å²) in [4.78, 5) is 38.2. The molecule has 0 aliphatic carbocycles. The first kappa shape index (κ1) is 50.3. The van der Waals surface area contributed by atoms with Crippen LogP contribution in [-0.4, -0.2) is 60.8 Å². The van der Waals surface area contributed by atoms with Gasteiger partial charge in [-0.15, -0.1) is 0 Å². The lowest BCUT2D eigenvalue weighted by molar-refractivity contribution is -0.154. The van der Waals surface area contributed by atoms with Gasteiger partial charge in [-0.3, -0.25) is 14.4 Å². The summed E-state index contributed by atoms with van der Waals surface area (Å²) in [7, 11) is 4.14. The molecule has 53 heavy (non-hydrogen) atoms. The van der Waals surface area contributed by atoms with E-state index in [1.54, 1.807) is 0 Å². The smallest absolute Gasteiger partial charge is 0.310 e. The van der Waals surface area contributed by atoms with Gasteiger partial charge in [-0.05, 0) is 139 Å². The van der Waals surface area contributed by atoms with Gasteiger partial charge in [-0.1, -0.05) is 100.0 Å². The SMILES string of the molecule is CN(C)CCCCC(=O)OC(CCCCCCCC/C=C\C/C=C\CC(=O)OC(C)(C)C)CCCCCCCC/C=C\C/C=C\CC(=O)OC(C)(C)C. The number of rotatable bonds is 32. The van der Waals surface area contributed by atoms with E-state index < -0.39 is 11.2 Å². The predicted octanol–water partition coefficient (Wildman–Crippen LogP) is 12.3. The Morgan fingerprint density at radius 2 is 0.887 bits per heavy atom. The van der Waals surface area contributed by atoms with Crippen LogP contribution in [0.15, 0.2) is 48.6 Å². The van der Waals surface area contributed by atoms with Gasteiger partial charge in [0.25, 0.3) is 0 Å². The zero-order valence-electron chi connectivity index (χ0n) is 35.6. The molecule has 0 saturated heterocycles. The van der Waals surface area contributed by atoms with Crippen molar-refractivity contribution in [2.75, 3.05) is 20.6 Å². The van der Waals surface area contributed by atoms with Crippen LogP contribution in [-0.2, 0) is 28.6 Å². The molecule has 7 heteroatoms. The van der Waals surface area contributed by atoms with Crippen LogP contribution in [0.4, 0.5) is 0 Å². The van der Waals surface area contributed by atoms with Gasteiger partial charge in [0.1, 0.15) is 17.3 Å². The summed E-state index contributed by atoms with van der Waals surface area (Å²) in [5, 5.41) is 0. The number of allylic oxidation sites excluding steroid dienone is 6. The second-order valence-electron chi connectivity index (χ2n) is 16.7. The molecule has 306 valence electrons. The molecule has 7 nitrogen and oxygen atoms in total. The van der Waals surface area contributed by atoms with Crippen molar-refractivity contribution in [3.05, 3.63) is 48.6 Å². The van der Waals surface area contributed by atoms with Crippen LogP contribution in [0, 0.1) is 0 Å². The minimum absolute atomic E-state index is 0.0214. The zero-order valence-corrected chi connectivity index (χ0v) is 35.6. The van der Waals surface area contributed by atoms with Crippen molar-refractivity contribution in [2.24, 2.45) is 0 Å². The summed E-state index contributed by atoms with van der Waals surface area (Å²) < 4.78 is 16.6. The Morgan fingerprint density at radius 1 is 0.491 bits per heavy atom. The highest BCUT2D eigenvalue weighted by Crippen LogP contribution is 2.19. The van der Waals surface area contributed by atoms with Crippen molar-refractivity contribution in [1.82, 2.24) is 4.90 Å². The quantitative estimate of drug-likeness (QED) is 0.0294. The van der Waals surface area contributed by atoms with E-state index >= 15 is 0 Å². The molecular formula is C46H81NO6. The lowest BCUT2D eigenvalue weighted by Gasteiger charge is -2.18. The summed E-state index contributed by atoms with van der Waals surface area (Å²) in [6, 6.07) is 0. The number of ether oxygens (including phenoxy) is 3. The molecule has 0 amide bonds. The second kappa shape index (κ2) is 32.7. The molecule has 0 saturated carbocycles. The number of unbranched alkanes of at least 4 members (excludes halogenated alkanes) is 13. The topological polar surface area (TPSA) is 82.1 Å². The molecule has 0 spiro atoms. The van der Waals surface area contributed by atoms with Crippen LogP contribution in [0.1, 0.15) is 189 Å². The molecule has 0 aliphatic heterocycles. The van der Waals surface area contributed by atoms with E-state index in [1.165, 1.54) is 64.2 Å². The van der Waals surface area contributed by atoms with Gasteiger partial charge in [0, 0.05) is 6.42 Å². The molecule has 0 rings (SSSR count). The van der Waals surface area contributed by atoms with E-state index in [4.69, 9.17) is 14.2 Å². The molecule has 0 heterocycles. The maximum atomic E-state index is 12.6. The highest BCUT2D eigenvalue weighted by Gasteiger charge is 2.16. The van der Waals surface area contributed by atoms with Crippen LogP contribution >= 0.6 is 0 Å². The number of hydrogen-bond donors (Lipinski definition) is 0. The average Bonchev–Trinajstić information content (AvgIpc) is 3.05. The fourth-order valence-corrected chi connectivity index (χ4v) is 5.79. The highest BCUT2D eigenvalue weighted by atomic mass is 16.6. The molecule has 0 radical (unpaired) electrons. The van der Waals surface area contributed by atoms with Gasteiger partial charge in [0.05, 0.1) is 12.8 Å². The minimum atomic E-state index is -0.428. The average molecular weight is 744 g/mol. The van der Waals surface area contributed by atoms with E-state index in [-0.39, 0.29) is 24.0 Å². The molecule has 0 bridgehead atoms. The number of carbonyl (C=O) groups is 3. The van der Waals surface area contributed by atoms with Crippen molar-refractivity contribution in [2.45, 2.75) is 207 Å². The molecule has 0 N–H and O–H groups in total. The van der Waals surface area contributed by atoms with Crippen molar-refractivity contribution in [1.29, 1.82) is 0 Å². The predicted molar refractivity (Wildman–Crippen MR) is 223 cm³/mol. The molecule has 0 atom stereocenters. The molecule has 0 aromatic rings. The third-order valence-electron chi connectivity index (χ3n) is 8.45. The first-order valence-electron chi connectivity index (χ1n) is 21.1. The van der Waals surface area contributed by atoms with E-state index in [9.17, 15) is 14.4 Å². The number of esters is 3. The van der Waals surface area contributed by atoms with Crippen molar-refractivity contribution in [3.63, 3.8) is 0 Å². The summed E-state index contributed by atoms with van der Waals surface area (Å²) in [6.45, 7) is 12.3. The molecule has 0 aromatic carbocycles. The van der Waals surface area contributed by atoms with Gasteiger partial charge in [-0.2, -0.15) is 0 Å². The second-order valence-corrected chi connectivity index (χ2v) is 16.7. The first-order chi connectivity index (χ1) is 25.2. The van der Waals surface area contributed by atoms with E-state index in [2.05, 4.69) is 43.3 Å². The largest absolute Gasteiger partial charge is 0.462 e. The van der Waals surface area contributed by atoms with Crippen molar-refractivity contribution in [3.8, 4) is 0 Å². The van der Waals surface area contributed by atoms with Gasteiger partial charge in [0.2, 0.25) is 0 Å². The standard InChI is InChI=1S/C46H81NO6/c1-45(2,3)52-43(49)38-31-27-23-19-15-11-9-13-17-21-25-29-35-41(51-42(48)37-33-34-40-47(7)8)36-30-26-22-18-14-10-12-16-20-24-28-32-39-44(50)53-46(4,5)6/h15-16,19-20,27-28,31-32,41H,9-14,17-18,21-26,29-30,33-40H2,1-8H3/b19-15-,20-16-,31-27-,32-28-.